The van der Waals surface area contributed by atoms with Gasteiger partial charge in [-0.15, -0.1) is 0 Å². The zero-order valence-electron chi connectivity index (χ0n) is 19.4. The molecule has 1 saturated carbocycles. The third-order valence-electron chi connectivity index (χ3n) is 6.42. The van der Waals surface area contributed by atoms with Crippen LogP contribution in [-0.2, 0) is 0 Å². The quantitative estimate of drug-likeness (QED) is 0.430. The van der Waals surface area contributed by atoms with Crippen molar-refractivity contribution in [2.45, 2.75) is 37.8 Å². The molecule has 1 aliphatic carbocycles. The van der Waals surface area contributed by atoms with E-state index in [0.717, 1.165) is 49.2 Å². The largest absolute Gasteiger partial charge is 0.369 e. The lowest BCUT2D eigenvalue weighted by molar-refractivity contribution is 0.102. The summed E-state index contributed by atoms with van der Waals surface area (Å²) in [5, 5.41) is 6.31. The lowest BCUT2D eigenvalue weighted by Crippen LogP contribution is -2.58. The van der Waals surface area contributed by atoms with E-state index >= 15 is 0 Å². The summed E-state index contributed by atoms with van der Waals surface area (Å²) >= 11 is 0. The monoisotopic (exact) mass is 467 g/mol. The first kappa shape index (κ1) is 22.5. The molecule has 0 bridgehead atoms. The molecular weight excluding hydrogens is 438 g/mol. The standard InChI is InChI=1S/C27H29N7O/c28-25-32-26(29)34(27(33-25)16-5-2-6-17-27)23-11-7-8-19(18-23)24(35)31-22-14-12-21(13-15-22)30-20-9-3-1-4-10-20/h1,3-4,7-15,18,30H,2,5-6,16-17H2,(H,31,35)(H4,28,29,32,33). The molecule has 3 aromatic rings. The summed E-state index contributed by atoms with van der Waals surface area (Å²) in [5.74, 6) is 0.307. The summed E-state index contributed by atoms with van der Waals surface area (Å²) in [5.41, 5.74) is 15.7. The van der Waals surface area contributed by atoms with Crippen molar-refractivity contribution in [2.24, 2.45) is 21.5 Å². The van der Waals surface area contributed by atoms with Crippen molar-refractivity contribution in [3.63, 3.8) is 0 Å². The molecule has 1 spiro atoms. The SMILES string of the molecule is NC1=NC2(CCCCC2)N(c2cccc(C(=O)Nc3ccc(Nc4ccccc4)cc3)c2)C(N)=N1. The molecule has 0 saturated heterocycles. The van der Waals surface area contributed by atoms with Crippen molar-refractivity contribution < 1.29 is 4.79 Å². The van der Waals surface area contributed by atoms with E-state index in [2.05, 4.69) is 15.6 Å². The van der Waals surface area contributed by atoms with Gasteiger partial charge in [-0.25, -0.2) is 4.99 Å². The van der Waals surface area contributed by atoms with Gasteiger partial charge in [-0.2, -0.15) is 4.99 Å². The first-order valence-electron chi connectivity index (χ1n) is 11.9. The van der Waals surface area contributed by atoms with Crippen LogP contribution in [0.4, 0.5) is 22.7 Å². The molecule has 2 aliphatic rings. The van der Waals surface area contributed by atoms with Crippen LogP contribution in [-0.4, -0.2) is 23.5 Å². The molecule has 1 fully saturated rings. The maximum atomic E-state index is 13.1. The Morgan fingerprint density at radius 3 is 2.26 bits per heavy atom. The molecule has 1 amide bonds. The number of benzene rings is 3. The van der Waals surface area contributed by atoms with Crippen LogP contribution in [0.1, 0.15) is 42.5 Å². The smallest absolute Gasteiger partial charge is 0.255 e. The number of anilines is 4. The number of nitrogens with one attached hydrogen (secondary N) is 2. The van der Waals surface area contributed by atoms with Crippen molar-refractivity contribution in [2.75, 3.05) is 15.5 Å². The van der Waals surface area contributed by atoms with Crippen LogP contribution in [0.25, 0.3) is 0 Å². The Kier molecular flexibility index (Phi) is 6.10. The second-order valence-electron chi connectivity index (χ2n) is 8.89. The summed E-state index contributed by atoms with van der Waals surface area (Å²) in [7, 11) is 0. The van der Waals surface area contributed by atoms with Crippen LogP contribution in [0.3, 0.4) is 0 Å². The van der Waals surface area contributed by atoms with E-state index in [1.165, 1.54) is 0 Å². The molecule has 3 aromatic carbocycles. The molecule has 0 atom stereocenters. The van der Waals surface area contributed by atoms with Gasteiger partial charge >= 0.3 is 0 Å². The van der Waals surface area contributed by atoms with Gasteiger partial charge < -0.3 is 22.1 Å². The summed E-state index contributed by atoms with van der Waals surface area (Å²) < 4.78 is 0. The highest BCUT2D eigenvalue weighted by Gasteiger charge is 2.42. The first-order chi connectivity index (χ1) is 17.0. The lowest BCUT2D eigenvalue weighted by atomic mass is 9.87. The zero-order chi connectivity index (χ0) is 24.3. The van der Waals surface area contributed by atoms with Crippen molar-refractivity contribution >= 4 is 40.6 Å². The Labute approximate surface area is 204 Å². The lowest BCUT2D eigenvalue weighted by Gasteiger charge is -2.45. The van der Waals surface area contributed by atoms with Crippen LogP contribution in [0.15, 0.2) is 88.8 Å². The Morgan fingerprint density at radius 1 is 0.829 bits per heavy atom. The highest BCUT2D eigenvalue weighted by atomic mass is 16.1. The molecule has 1 aliphatic heterocycles. The molecule has 8 heteroatoms. The number of carbonyl (C=O) groups is 1. The number of nitrogens with two attached hydrogens (primary N) is 2. The van der Waals surface area contributed by atoms with Crippen molar-refractivity contribution in [3.05, 3.63) is 84.4 Å². The minimum atomic E-state index is -0.551. The molecule has 5 rings (SSSR count). The van der Waals surface area contributed by atoms with Gasteiger partial charge in [0.1, 0.15) is 5.66 Å². The summed E-state index contributed by atoms with van der Waals surface area (Å²) in [6, 6.07) is 24.9. The number of nitrogens with zero attached hydrogens (tertiary/aromatic N) is 3. The van der Waals surface area contributed by atoms with Gasteiger partial charge in [-0.3, -0.25) is 9.69 Å². The van der Waals surface area contributed by atoms with E-state index < -0.39 is 5.66 Å². The average molecular weight is 468 g/mol. The van der Waals surface area contributed by atoms with E-state index in [0.29, 0.717) is 17.2 Å². The van der Waals surface area contributed by atoms with Crippen LogP contribution in [0, 0.1) is 0 Å². The fraction of sp³-hybridized carbons (Fsp3) is 0.222. The predicted octanol–water partition coefficient (Wildman–Crippen LogP) is 4.79. The van der Waals surface area contributed by atoms with Crippen LogP contribution >= 0.6 is 0 Å². The second-order valence-corrected chi connectivity index (χ2v) is 8.89. The van der Waals surface area contributed by atoms with E-state index in [1.807, 2.05) is 77.7 Å². The highest BCUT2D eigenvalue weighted by molar-refractivity contribution is 6.08. The predicted molar refractivity (Wildman–Crippen MR) is 142 cm³/mol. The third-order valence-corrected chi connectivity index (χ3v) is 6.42. The highest BCUT2D eigenvalue weighted by Crippen LogP contribution is 2.39. The molecule has 0 unspecified atom stereocenters. The molecular formula is C27H29N7O. The number of hydrogen-bond acceptors (Lipinski definition) is 7. The number of amides is 1. The molecule has 0 aromatic heterocycles. The van der Waals surface area contributed by atoms with Crippen molar-refractivity contribution in [3.8, 4) is 0 Å². The molecule has 0 radical (unpaired) electrons. The van der Waals surface area contributed by atoms with Gasteiger partial charge in [-0.05, 0) is 80.3 Å². The Morgan fingerprint density at radius 2 is 1.51 bits per heavy atom. The number of aliphatic imine (C=N–C) groups is 2. The van der Waals surface area contributed by atoms with Crippen LogP contribution in [0.5, 0.6) is 0 Å². The minimum Gasteiger partial charge on any atom is -0.369 e. The van der Waals surface area contributed by atoms with Gasteiger partial charge in [-0.1, -0.05) is 30.7 Å². The average Bonchev–Trinajstić information content (AvgIpc) is 2.86. The topological polar surface area (TPSA) is 121 Å². The van der Waals surface area contributed by atoms with E-state index in [1.54, 1.807) is 6.07 Å². The summed E-state index contributed by atoms with van der Waals surface area (Å²) in [6.07, 6.45) is 4.91. The minimum absolute atomic E-state index is 0.205. The Bertz CT molecular complexity index is 1260. The van der Waals surface area contributed by atoms with Crippen LogP contribution < -0.4 is 27.0 Å². The van der Waals surface area contributed by atoms with E-state index in [9.17, 15) is 4.79 Å². The Hall–Kier alpha value is -4.33. The zero-order valence-corrected chi connectivity index (χ0v) is 19.4. The Balaban J connectivity index is 1.33. The summed E-state index contributed by atoms with van der Waals surface area (Å²) in [6.45, 7) is 0. The number of rotatable bonds is 5. The fourth-order valence-corrected chi connectivity index (χ4v) is 4.81. The van der Waals surface area contributed by atoms with Crippen LogP contribution in [0.2, 0.25) is 0 Å². The van der Waals surface area contributed by atoms with Gasteiger partial charge in [0.2, 0.25) is 11.9 Å². The van der Waals surface area contributed by atoms with E-state index in [4.69, 9.17) is 16.5 Å². The molecule has 1 heterocycles. The first-order valence-corrected chi connectivity index (χ1v) is 11.9. The van der Waals surface area contributed by atoms with Crippen molar-refractivity contribution in [1.82, 2.24) is 0 Å². The molecule has 35 heavy (non-hydrogen) atoms. The third kappa shape index (κ3) is 4.82. The number of hydrogen-bond donors (Lipinski definition) is 4. The van der Waals surface area contributed by atoms with E-state index in [-0.39, 0.29) is 11.9 Å². The van der Waals surface area contributed by atoms with Gasteiger partial charge in [0, 0.05) is 28.3 Å². The summed E-state index contributed by atoms with van der Waals surface area (Å²) in [4.78, 5) is 23.9. The molecule has 6 N–H and O–H groups in total. The van der Waals surface area contributed by atoms with Gasteiger partial charge in [0.25, 0.3) is 5.91 Å². The number of guanidine groups is 2. The van der Waals surface area contributed by atoms with Gasteiger partial charge in [0.15, 0.2) is 0 Å². The second kappa shape index (κ2) is 9.50. The van der Waals surface area contributed by atoms with Gasteiger partial charge in [0.05, 0.1) is 0 Å². The maximum absolute atomic E-state index is 13.1. The van der Waals surface area contributed by atoms with Crippen molar-refractivity contribution in [1.29, 1.82) is 0 Å². The number of para-hydroxylation sites is 1. The maximum Gasteiger partial charge on any atom is 0.255 e. The number of carbonyl (C=O) groups excluding carboxylic acids is 1. The molecule has 8 nitrogen and oxygen atoms in total. The fourth-order valence-electron chi connectivity index (χ4n) is 4.81. The normalized spacial score (nSPS) is 16.9. The molecule has 178 valence electrons.